The second-order valence-electron chi connectivity index (χ2n) is 7.31. The molecular weight excluding hydrogens is 234 g/mol. The second kappa shape index (κ2) is 5.66. The van der Waals surface area contributed by atoms with Crippen LogP contribution in [-0.2, 0) is 7.05 Å². The minimum atomic E-state index is 0.204. The SMILES string of the molecule is CC1CCC(CNC(C)(C)C)C(c2nccn2C)C1. The maximum atomic E-state index is 4.60. The molecule has 1 aromatic heterocycles. The van der Waals surface area contributed by atoms with E-state index in [0.29, 0.717) is 5.92 Å². The maximum Gasteiger partial charge on any atom is 0.111 e. The summed E-state index contributed by atoms with van der Waals surface area (Å²) in [5.74, 6) is 3.43. The number of hydrogen-bond donors (Lipinski definition) is 1. The number of rotatable bonds is 3. The quantitative estimate of drug-likeness (QED) is 0.906. The van der Waals surface area contributed by atoms with E-state index < -0.39 is 0 Å². The monoisotopic (exact) mass is 263 g/mol. The molecule has 0 aliphatic heterocycles. The van der Waals surface area contributed by atoms with Crippen LogP contribution < -0.4 is 5.32 Å². The summed E-state index contributed by atoms with van der Waals surface area (Å²) < 4.78 is 2.20. The third-order valence-electron chi connectivity index (χ3n) is 4.34. The smallest absolute Gasteiger partial charge is 0.111 e. The first-order valence-corrected chi connectivity index (χ1v) is 7.59. The lowest BCUT2D eigenvalue weighted by atomic mass is 9.74. The van der Waals surface area contributed by atoms with Crippen molar-refractivity contribution in [3.63, 3.8) is 0 Å². The van der Waals surface area contributed by atoms with Gasteiger partial charge in [0.25, 0.3) is 0 Å². The molecule has 1 heterocycles. The van der Waals surface area contributed by atoms with Crippen LogP contribution in [0, 0.1) is 11.8 Å². The maximum absolute atomic E-state index is 4.60. The third-order valence-corrected chi connectivity index (χ3v) is 4.34. The minimum absolute atomic E-state index is 0.204. The molecule has 1 N–H and O–H groups in total. The zero-order chi connectivity index (χ0) is 14.0. The summed E-state index contributed by atoms with van der Waals surface area (Å²) in [6, 6.07) is 0. The van der Waals surface area contributed by atoms with Crippen molar-refractivity contribution in [1.82, 2.24) is 14.9 Å². The Labute approximate surface area is 117 Å². The fourth-order valence-corrected chi connectivity index (χ4v) is 3.18. The molecule has 1 saturated carbocycles. The first-order valence-electron chi connectivity index (χ1n) is 7.59. The molecule has 1 aliphatic carbocycles. The zero-order valence-electron chi connectivity index (χ0n) is 13.1. The Balaban J connectivity index is 2.09. The predicted molar refractivity (Wildman–Crippen MR) is 80.2 cm³/mol. The summed E-state index contributed by atoms with van der Waals surface area (Å²) in [7, 11) is 2.12. The van der Waals surface area contributed by atoms with E-state index in [1.54, 1.807) is 0 Å². The van der Waals surface area contributed by atoms with Crippen LogP contribution in [0.5, 0.6) is 0 Å². The van der Waals surface area contributed by atoms with Crippen LogP contribution in [0.15, 0.2) is 12.4 Å². The minimum Gasteiger partial charge on any atom is -0.338 e. The Hall–Kier alpha value is -0.830. The summed E-state index contributed by atoms with van der Waals surface area (Å²) in [6.45, 7) is 10.2. The predicted octanol–water partition coefficient (Wildman–Crippen LogP) is 3.33. The summed E-state index contributed by atoms with van der Waals surface area (Å²) in [6.07, 6.45) is 7.96. The van der Waals surface area contributed by atoms with Gasteiger partial charge in [0.15, 0.2) is 0 Å². The molecule has 0 radical (unpaired) electrons. The normalized spacial score (nSPS) is 28.6. The summed E-state index contributed by atoms with van der Waals surface area (Å²) in [5.41, 5.74) is 0.204. The van der Waals surface area contributed by atoms with E-state index in [4.69, 9.17) is 0 Å². The van der Waals surface area contributed by atoms with E-state index in [9.17, 15) is 0 Å². The molecule has 0 bridgehead atoms. The van der Waals surface area contributed by atoms with Gasteiger partial charge in [-0.25, -0.2) is 4.98 Å². The van der Waals surface area contributed by atoms with Gasteiger partial charge in [-0.05, 0) is 52.0 Å². The Bertz CT molecular complexity index is 402. The largest absolute Gasteiger partial charge is 0.338 e. The molecule has 3 heteroatoms. The van der Waals surface area contributed by atoms with Crippen molar-refractivity contribution < 1.29 is 0 Å². The molecule has 1 aromatic rings. The highest BCUT2D eigenvalue weighted by atomic mass is 15.0. The van der Waals surface area contributed by atoms with Crippen molar-refractivity contribution in [2.45, 2.75) is 58.4 Å². The van der Waals surface area contributed by atoms with Crippen molar-refractivity contribution in [3.8, 4) is 0 Å². The van der Waals surface area contributed by atoms with Gasteiger partial charge >= 0.3 is 0 Å². The van der Waals surface area contributed by atoms with Crippen LogP contribution in [0.2, 0.25) is 0 Å². The Kier molecular flexibility index (Phi) is 4.34. The average Bonchev–Trinajstić information content (AvgIpc) is 2.72. The van der Waals surface area contributed by atoms with Gasteiger partial charge in [0, 0.05) is 30.9 Å². The Morgan fingerprint density at radius 1 is 1.37 bits per heavy atom. The topological polar surface area (TPSA) is 29.9 Å². The fourth-order valence-electron chi connectivity index (χ4n) is 3.18. The highest BCUT2D eigenvalue weighted by Crippen LogP contribution is 2.39. The molecule has 0 aromatic carbocycles. The van der Waals surface area contributed by atoms with Crippen LogP contribution >= 0.6 is 0 Å². The molecule has 3 nitrogen and oxygen atoms in total. The molecule has 0 spiro atoms. The fraction of sp³-hybridized carbons (Fsp3) is 0.812. The van der Waals surface area contributed by atoms with Crippen molar-refractivity contribution in [2.75, 3.05) is 6.54 Å². The molecule has 1 fully saturated rings. The van der Waals surface area contributed by atoms with Crippen LogP contribution in [0.3, 0.4) is 0 Å². The van der Waals surface area contributed by atoms with E-state index >= 15 is 0 Å². The van der Waals surface area contributed by atoms with Crippen molar-refractivity contribution >= 4 is 0 Å². The summed E-state index contributed by atoms with van der Waals surface area (Å²) in [5, 5.41) is 3.68. The Morgan fingerprint density at radius 3 is 2.68 bits per heavy atom. The molecule has 108 valence electrons. The van der Waals surface area contributed by atoms with Crippen molar-refractivity contribution in [1.29, 1.82) is 0 Å². The number of hydrogen-bond acceptors (Lipinski definition) is 2. The van der Waals surface area contributed by atoms with Gasteiger partial charge in [-0.1, -0.05) is 13.3 Å². The molecule has 3 unspecified atom stereocenters. The molecule has 2 rings (SSSR count). The van der Waals surface area contributed by atoms with E-state index in [-0.39, 0.29) is 5.54 Å². The van der Waals surface area contributed by atoms with E-state index in [1.807, 2.05) is 6.20 Å². The van der Waals surface area contributed by atoms with Gasteiger partial charge in [-0.2, -0.15) is 0 Å². The number of imidazole rings is 1. The van der Waals surface area contributed by atoms with Crippen molar-refractivity contribution in [2.24, 2.45) is 18.9 Å². The van der Waals surface area contributed by atoms with Crippen LogP contribution in [0.25, 0.3) is 0 Å². The average molecular weight is 263 g/mol. The number of nitrogens with zero attached hydrogens (tertiary/aromatic N) is 2. The first kappa shape index (κ1) is 14.6. The molecular formula is C16H29N3. The molecule has 0 saturated heterocycles. The zero-order valence-corrected chi connectivity index (χ0v) is 13.1. The van der Waals surface area contributed by atoms with Gasteiger partial charge in [-0.3, -0.25) is 0 Å². The van der Waals surface area contributed by atoms with Gasteiger partial charge in [0.1, 0.15) is 5.82 Å². The summed E-state index contributed by atoms with van der Waals surface area (Å²) >= 11 is 0. The number of aromatic nitrogens is 2. The lowest BCUT2D eigenvalue weighted by molar-refractivity contribution is 0.218. The first-order chi connectivity index (χ1) is 8.87. The molecule has 19 heavy (non-hydrogen) atoms. The second-order valence-corrected chi connectivity index (χ2v) is 7.31. The van der Waals surface area contributed by atoms with Gasteiger partial charge in [-0.15, -0.1) is 0 Å². The van der Waals surface area contributed by atoms with Crippen LogP contribution in [0.4, 0.5) is 0 Å². The third kappa shape index (κ3) is 3.82. The van der Waals surface area contributed by atoms with E-state index in [0.717, 1.165) is 18.4 Å². The van der Waals surface area contributed by atoms with Crippen molar-refractivity contribution in [3.05, 3.63) is 18.2 Å². The van der Waals surface area contributed by atoms with Crippen LogP contribution in [-0.4, -0.2) is 21.6 Å². The molecule has 3 atom stereocenters. The van der Waals surface area contributed by atoms with Gasteiger partial charge in [0.2, 0.25) is 0 Å². The number of nitrogens with one attached hydrogen (secondary N) is 1. The van der Waals surface area contributed by atoms with Gasteiger partial charge in [0.05, 0.1) is 0 Å². The molecule has 1 aliphatic rings. The summed E-state index contributed by atoms with van der Waals surface area (Å²) in [4.78, 5) is 4.60. The standard InChI is InChI=1S/C16H29N3/c1-12-6-7-13(11-18-16(2,3)4)14(10-12)15-17-8-9-19(15)5/h8-9,12-14,18H,6-7,10-11H2,1-5H3. The number of aryl methyl sites for hydroxylation is 1. The lowest BCUT2D eigenvalue weighted by Crippen LogP contribution is -2.42. The highest BCUT2D eigenvalue weighted by molar-refractivity contribution is 5.05. The molecule has 0 amide bonds. The van der Waals surface area contributed by atoms with Crippen LogP contribution in [0.1, 0.15) is 58.7 Å². The van der Waals surface area contributed by atoms with Gasteiger partial charge < -0.3 is 9.88 Å². The van der Waals surface area contributed by atoms with E-state index in [1.165, 1.54) is 25.1 Å². The Morgan fingerprint density at radius 2 is 2.11 bits per heavy atom. The lowest BCUT2D eigenvalue weighted by Gasteiger charge is -2.36. The van der Waals surface area contributed by atoms with E-state index in [2.05, 4.69) is 55.8 Å². The highest BCUT2D eigenvalue weighted by Gasteiger charge is 2.32.